The molecular weight excluding hydrogens is 184 g/mol. The van der Waals surface area contributed by atoms with E-state index < -0.39 is 16.7 Å². The van der Waals surface area contributed by atoms with Crippen LogP contribution in [-0.4, -0.2) is 33.5 Å². The van der Waals surface area contributed by atoms with Gasteiger partial charge in [-0.15, -0.1) is 0 Å². The molecule has 6 heteroatoms. The van der Waals surface area contributed by atoms with E-state index in [9.17, 15) is 9.90 Å². The highest BCUT2D eigenvalue weighted by Crippen LogP contribution is 2.33. The predicted octanol–water partition coefficient (Wildman–Crippen LogP) is -0.262. The first-order valence-electron chi connectivity index (χ1n) is 3.45. The minimum atomic E-state index is -1.29. The number of hydrazone groups is 1. The van der Waals surface area contributed by atoms with Crippen LogP contribution in [0.1, 0.15) is 12.8 Å². The number of carboxylic acid groups (broad SMARTS) is 1. The molecule has 1 fully saturated rings. The van der Waals surface area contributed by atoms with Crippen molar-refractivity contribution in [3.8, 4) is 0 Å². The quantitative estimate of drug-likeness (QED) is 0.423. The molecule has 0 heterocycles. The summed E-state index contributed by atoms with van der Waals surface area (Å²) in [5, 5.41) is 20.3. The standard InChI is InChI=1S/C6H9ClN2O3/c7-4(5(10)11)9-8-3-6(12)1-2-6/h8,12H,1-3H2,(H,10,11)/b9-4-. The molecule has 1 aliphatic carbocycles. The van der Waals surface area contributed by atoms with Crippen LogP contribution in [0, 0.1) is 0 Å². The SMILES string of the molecule is O=C(O)/C(Cl)=N/NCC1(O)CC1. The first-order valence-corrected chi connectivity index (χ1v) is 3.83. The van der Waals surface area contributed by atoms with Crippen LogP contribution >= 0.6 is 11.6 Å². The van der Waals surface area contributed by atoms with Crippen LogP contribution in [0.4, 0.5) is 0 Å². The Balaban J connectivity index is 2.24. The number of nitrogens with zero attached hydrogens (tertiary/aromatic N) is 1. The average molecular weight is 193 g/mol. The molecule has 1 rings (SSSR count). The summed E-state index contributed by atoms with van der Waals surface area (Å²) < 4.78 is 0. The zero-order valence-corrected chi connectivity index (χ0v) is 7.01. The Labute approximate surface area is 74.0 Å². The van der Waals surface area contributed by atoms with Gasteiger partial charge in [-0.25, -0.2) is 4.79 Å². The van der Waals surface area contributed by atoms with E-state index in [1.807, 2.05) is 0 Å². The number of carbonyl (C=O) groups is 1. The zero-order valence-electron chi connectivity index (χ0n) is 6.25. The van der Waals surface area contributed by atoms with Crippen molar-refractivity contribution in [3.05, 3.63) is 0 Å². The number of aliphatic hydroxyl groups is 1. The van der Waals surface area contributed by atoms with Crippen molar-refractivity contribution in [2.24, 2.45) is 5.10 Å². The van der Waals surface area contributed by atoms with Gasteiger partial charge in [0.2, 0.25) is 5.17 Å². The topological polar surface area (TPSA) is 81.9 Å². The van der Waals surface area contributed by atoms with E-state index in [-0.39, 0.29) is 6.54 Å². The van der Waals surface area contributed by atoms with Gasteiger partial charge in [0.15, 0.2) is 0 Å². The van der Waals surface area contributed by atoms with Gasteiger partial charge in [-0.3, -0.25) is 0 Å². The molecule has 0 aromatic rings. The fraction of sp³-hybridized carbons (Fsp3) is 0.667. The van der Waals surface area contributed by atoms with Gasteiger partial charge in [0.25, 0.3) is 0 Å². The van der Waals surface area contributed by atoms with Crippen LogP contribution < -0.4 is 5.43 Å². The largest absolute Gasteiger partial charge is 0.476 e. The Bertz CT molecular complexity index is 225. The summed E-state index contributed by atoms with van der Waals surface area (Å²) in [5.41, 5.74) is 1.70. The smallest absolute Gasteiger partial charge is 0.368 e. The number of nitrogens with one attached hydrogen (secondary N) is 1. The second kappa shape index (κ2) is 3.28. The number of aliphatic carboxylic acids is 1. The van der Waals surface area contributed by atoms with Gasteiger partial charge >= 0.3 is 5.97 Å². The Morgan fingerprint density at radius 3 is 2.67 bits per heavy atom. The molecule has 0 bridgehead atoms. The normalized spacial score (nSPS) is 20.3. The van der Waals surface area contributed by atoms with Crippen LogP contribution in [0.5, 0.6) is 0 Å². The van der Waals surface area contributed by atoms with Gasteiger partial charge in [-0.05, 0) is 12.8 Å². The predicted molar refractivity (Wildman–Crippen MR) is 43.1 cm³/mol. The summed E-state index contributed by atoms with van der Waals surface area (Å²) >= 11 is 5.17. The molecule has 0 atom stereocenters. The molecule has 0 aliphatic heterocycles. The van der Waals surface area contributed by atoms with E-state index in [0.717, 1.165) is 12.8 Å². The molecule has 3 N–H and O–H groups in total. The molecule has 0 radical (unpaired) electrons. The third-order valence-electron chi connectivity index (χ3n) is 1.59. The maximum atomic E-state index is 10.1. The maximum Gasteiger partial charge on any atom is 0.368 e. The molecule has 1 saturated carbocycles. The summed E-state index contributed by atoms with van der Waals surface area (Å²) in [6.07, 6.45) is 1.44. The maximum absolute atomic E-state index is 10.1. The lowest BCUT2D eigenvalue weighted by Crippen LogP contribution is -2.25. The first-order chi connectivity index (χ1) is 5.53. The van der Waals surface area contributed by atoms with Crippen molar-refractivity contribution < 1.29 is 15.0 Å². The Morgan fingerprint density at radius 1 is 1.67 bits per heavy atom. The molecule has 0 aromatic carbocycles. The van der Waals surface area contributed by atoms with Crippen molar-refractivity contribution in [1.29, 1.82) is 0 Å². The number of hydrogen-bond acceptors (Lipinski definition) is 4. The van der Waals surface area contributed by atoms with Crippen LogP contribution in [0.25, 0.3) is 0 Å². The second-order valence-electron chi connectivity index (χ2n) is 2.77. The number of rotatable bonds is 4. The molecule has 1 aliphatic rings. The lowest BCUT2D eigenvalue weighted by atomic mass is 10.3. The van der Waals surface area contributed by atoms with Crippen molar-refractivity contribution >= 4 is 22.7 Å². The first kappa shape index (κ1) is 9.28. The molecule has 0 saturated heterocycles. The van der Waals surface area contributed by atoms with E-state index in [2.05, 4.69) is 10.5 Å². The average Bonchev–Trinajstić information content (AvgIpc) is 2.68. The van der Waals surface area contributed by atoms with Gasteiger partial charge in [0.05, 0.1) is 12.1 Å². The molecule has 12 heavy (non-hydrogen) atoms. The number of carboxylic acids is 1. The minimum absolute atomic E-state index is 0.247. The van der Waals surface area contributed by atoms with Crippen LogP contribution in [0.2, 0.25) is 0 Å². The summed E-state index contributed by atoms with van der Waals surface area (Å²) in [6.45, 7) is 0.247. The second-order valence-corrected chi connectivity index (χ2v) is 3.13. The highest BCUT2D eigenvalue weighted by atomic mass is 35.5. The Morgan fingerprint density at radius 2 is 2.25 bits per heavy atom. The summed E-state index contributed by atoms with van der Waals surface area (Å²) in [6, 6.07) is 0. The van der Waals surface area contributed by atoms with E-state index in [0.29, 0.717) is 0 Å². The van der Waals surface area contributed by atoms with Gasteiger partial charge < -0.3 is 15.6 Å². The van der Waals surface area contributed by atoms with Crippen LogP contribution in [0.15, 0.2) is 5.10 Å². The third kappa shape index (κ3) is 2.67. The minimum Gasteiger partial charge on any atom is -0.476 e. The highest BCUT2D eigenvalue weighted by molar-refractivity contribution is 6.81. The third-order valence-corrected chi connectivity index (χ3v) is 1.84. The van der Waals surface area contributed by atoms with Gasteiger partial charge in [0, 0.05) is 0 Å². The molecule has 0 unspecified atom stereocenters. The van der Waals surface area contributed by atoms with Gasteiger partial charge in [-0.1, -0.05) is 11.6 Å². The molecule has 0 aromatic heterocycles. The van der Waals surface area contributed by atoms with Crippen LogP contribution in [-0.2, 0) is 4.79 Å². The molecule has 68 valence electrons. The van der Waals surface area contributed by atoms with E-state index in [1.54, 1.807) is 0 Å². The number of halogens is 1. The zero-order chi connectivity index (χ0) is 9.19. The Kier molecular flexibility index (Phi) is 2.54. The summed E-state index contributed by atoms with van der Waals surface area (Å²) in [5.74, 6) is -1.29. The van der Waals surface area contributed by atoms with Crippen molar-refractivity contribution in [2.45, 2.75) is 18.4 Å². The number of hydrogen-bond donors (Lipinski definition) is 3. The summed E-state index contributed by atoms with van der Waals surface area (Å²) in [4.78, 5) is 10.1. The molecule has 0 amide bonds. The summed E-state index contributed by atoms with van der Waals surface area (Å²) in [7, 11) is 0. The molecule has 0 spiro atoms. The van der Waals surface area contributed by atoms with Gasteiger partial charge in [0.1, 0.15) is 0 Å². The van der Waals surface area contributed by atoms with E-state index in [4.69, 9.17) is 16.7 Å². The highest BCUT2D eigenvalue weighted by Gasteiger charge is 2.39. The van der Waals surface area contributed by atoms with Crippen molar-refractivity contribution in [3.63, 3.8) is 0 Å². The van der Waals surface area contributed by atoms with Crippen LogP contribution in [0.3, 0.4) is 0 Å². The fourth-order valence-electron chi connectivity index (χ4n) is 0.625. The monoisotopic (exact) mass is 192 g/mol. The van der Waals surface area contributed by atoms with E-state index >= 15 is 0 Å². The lowest BCUT2D eigenvalue weighted by Gasteiger charge is -2.05. The molecular formula is C6H9ClN2O3. The molecule has 5 nitrogen and oxygen atoms in total. The fourth-order valence-corrected chi connectivity index (χ4v) is 0.685. The Hall–Kier alpha value is -0.810. The van der Waals surface area contributed by atoms with Crippen molar-refractivity contribution in [2.75, 3.05) is 6.54 Å². The van der Waals surface area contributed by atoms with Crippen molar-refractivity contribution in [1.82, 2.24) is 5.43 Å². The van der Waals surface area contributed by atoms with Gasteiger partial charge in [-0.2, -0.15) is 5.10 Å². The lowest BCUT2D eigenvalue weighted by molar-refractivity contribution is -0.129. The van der Waals surface area contributed by atoms with E-state index in [1.165, 1.54) is 0 Å².